The third kappa shape index (κ3) is 4.22. The molecule has 0 aliphatic carbocycles. The molecule has 1 aromatic rings. The van der Waals surface area contributed by atoms with Crippen LogP contribution in [-0.4, -0.2) is 35.5 Å². The quantitative estimate of drug-likeness (QED) is 0.579. The van der Waals surface area contributed by atoms with Crippen molar-refractivity contribution in [1.82, 2.24) is 5.32 Å². The van der Waals surface area contributed by atoms with Crippen LogP contribution < -0.4 is 11.1 Å². The van der Waals surface area contributed by atoms with Gasteiger partial charge in [0.25, 0.3) is 0 Å². The summed E-state index contributed by atoms with van der Waals surface area (Å²) >= 11 is 0. The molecule has 124 valence electrons. The lowest BCUT2D eigenvalue weighted by molar-refractivity contribution is -0.387. The number of halogens is 1. The number of ether oxygens (including phenoxy) is 1. The van der Waals surface area contributed by atoms with Crippen molar-refractivity contribution in [1.29, 1.82) is 0 Å². The fourth-order valence-corrected chi connectivity index (χ4v) is 2.33. The summed E-state index contributed by atoms with van der Waals surface area (Å²) in [7, 11) is 0. The minimum absolute atomic E-state index is 0.0745. The van der Waals surface area contributed by atoms with Gasteiger partial charge in [0.05, 0.1) is 4.92 Å². The molecule has 9 heteroatoms. The van der Waals surface area contributed by atoms with Gasteiger partial charge in [-0.25, -0.2) is 0 Å². The van der Waals surface area contributed by atoms with Gasteiger partial charge in [0.15, 0.2) is 0 Å². The Bertz CT molecular complexity index is 631. The number of benzene rings is 1. The molecule has 1 fully saturated rings. The molecule has 0 aromatic heterocycles. The summed E-state index contributed by atoms with van der Waals surface area (Å²) in [5.74, 6) is -2.22. The van der Waals surface area contributed by atoms with Crippen molar-refractivity contribution < 1.29 is 23.6 Å². The molecule has 1 aliphatic heterocycles. The molecular weight excluding hydrogens is 309 g/mol. The molecule has 23 heavy (non-hydrogen) atoms. The SMILES string of the molecule is NC(=O)[C@@H](Cc1ccc(F)c([N+](=O)[O-])c1)NC(=O)[C@@H]1CCCO1. The smallest absolute Gasteiger partial charge is 0.305 e. The number of nitro benzene ring substituents is 1. The molecule has 1 heterocycles. The third-order valence-corrected chi connectivity index (χ3v) is 3.53. The highest BCUT2D eigenvalue weighted by Crippen LogP contribution is 2.19. The van der Waals surface area contributed by atoms with E-state index in [0.717, 1.165) is 18.6 Å². The maximum absolute atomic E-state index is 13.3. The van der Waals surface area contributed by atoms with Gasteiger partial charge in [0.2, 0.25) is 17.6 Å². The van der Waals surface area contributed by atoms with Crippen LogP contribution in [-0.2, 0) is 20.7 Å². The van der Waals surface area contributed by atoms with Crippen molar-refractivity contribution in [2.75, 3.05) is 6.61 Å². The molecule has 1 saturated heterocycles. The van der Waals surface area contributed by atoms with Gasteiger partial charge in [-0.2, -0.15) is 4.39 Å². The first-order valence-electron chi connectivity index (χ1n) is 7.02. The largest absolute Gasteiger partial charge is 0.368 e. The van der Waals surface area contributed by atoms with E-state index in [1.54, 1.807) is 0 Å². The van der Waals surface area contributed by atoms with Crippen LogP contribution in [0.25, 0.3) is 0 Å². The Morgan fingerprint density at radius 2 is 2.26 bits per heavy atom. The van der Waals surface area contributed by atoms with Crippen LogP contribution in [0, 0.1) is 15.9 Å². The zero-order valence-corrected chi connectivity index (χ0v) is 12.2. The molecule has 0 unspecified atom stereocenters. The van der Waals surface area contributed by atoms with Crippen molar-refractivity contribution in [3.05, 3.63) is 39.7 Å². The van der Waals surface area contributed by atoms with Crippen LogP contribution in [0.3, 0.4) is 0 Å². The van der Waals surface area contributed by atoms with Gasteiger partial charge >= 0.3 is 5.69 Å². The molecule has 8 nitrogen and oxygen atoms in total. The zero-order chi connectivity index (χ0) is 17.0. The highest BCUT2D eigenvalue weighted by atomic mass is 19.1. The van der Waals surface area contributed by atoms with Crippen molar-refractivity contribution in [3.8, 4) is 0 Å². The van der Waals surface area contributed by atoms with E-state index < -0.39 is 40.4 Å². The average molecular weight is 325 g/mol. The van der Waals surface area contributed by atoms with E-state index in [1.807, 2.05) is 0 Å². The number of carbonyl (C=O) groups excluding carboxylic acids is 2. The number of nitrogens with one attached hydrogen (secondary N) is 1. The predicted molar refractivity (Wildman–Crippen MR) is 76.9 cm³/mol. The Hall–Kier alpha value is -2.55. The van der Waals surface area contributed by atoms with Gasteiger partial charge in [-0.05, 0) is 24.5 Å². The summed E-state index contributed by atoms with van der Waals surface area (Å²) in [5.41, 5.74) is 4.87. The van der Waals surface area contributed by atoms with Gasteiger partial charge < -0.3 is 15.8 Å². The molecule has 0 radical (unpaired) electrons. The molecule has 0 spiro atoms. The Balaban J connectivity index is 2.10. The van der Waals surface area contributed by atoms with Gasteiger partial charge in [0.1, 0.15) is 12.1 Å². The average Bonchev–Trinajstić information content (AvgIpc) is 3.02. The van der Waals surface area contributed by atoms with Crippen molar-refractivity contribution in [2.24, 2.45) is 5.73 Å². The number of amides is 2. The first-order valence-corrected chi connectivity index (χ1v) is 7.02. The van der Waals surface area contributed by atoms with Crippen molar-refractivity contribution in [3.63, 3.8) is 0 Å². The van der Waals surface area contributed by atoms with Crippen LogP contribution in [0.2, 0.25) is 0 Å². The van der Waals surface area contributed by atoms with Crippen LogP contribution in [0.1, 0.15) is 18.4 Å². The van der Waals surface area contributed by atoms with Crippen LogP contribution in [0.5, 0.6) is 0 Å². The van der Waals surface area contributed by atoms with E-state index >= 15 is 0 Å². The standard InChI is InChI=1S/C14H16FN3O5/c15-9-4-3-8(7-11(9)18(21)22)6-10(13(16)19)17-14(20)12-2-1-5-23-12/h3-4,7,10,12H,1-2,5-6H2,(H2,16,19)(H,17,20)/t10-,12+/m1/s1. The van der Waals surface area contributed by atoms with Crippen LogP contribution in [0.15, 0.2) is 18.2 Å². The highest BCUT2D eigenvalue weighted by molar-refractivity contribution is 5.88. The Labute approximate surface area is 130 Å². The second-order valence-corrected chi connectivity index (χ2v) is 5.21. The molecule has 0 bridgehead atoms. The predicted octanol–water partition coefficient (Wildman–Crippen LogP) is 0.425. The third-order valence-electron chi connectivity index (χ3n) is 3.53. The lowest BCUT2D eigenvalue weighted by Crippen LogP contribution is -2.49. The lowest BCUT2D eigenvalue weighted by atomic mass is 10.0. The second-order valence-electron chi connectivity index (χ2n) is 5.21. The summed E-state index contributed by atoms with van der Waals surface area (Å²) in [4.78, 5) is 33.3. The fourth-order valence-electron chi connectivity index (χ4n) is 2.33. The summed E-state index contributed by atoms with van der Waals surface area (Å²) in [5, 5.41) is 13.2. The summed E-state index contributed by atoms with van der Waals surface area (Å²) in [6.07, 6.45) is 0.608. The number of carbonyl (C=O) groups is 2. The monoisotopic (exact) mass is 325 g/mol. The van der Waals surface area contributed by atoms with Crippen LogP contribution >= 0.6 is 0 Å². The molecule has 3 N–H and O–H groups in total. The lowest BCUT2D eigenvalue weighted by Gasteiger charge is -2.18. The van der Waals surface area contributed by atoms with E-state index in [0.29, 0.717) is 18.6 Å². The summed E-state index contributed by atoms with van der Waals surface area (Å²) < 4.78 is 18.5. The Morgan fingerprint density at radius 3 is 2.83 bits per heavy atom. The maximum Gasteiger partial charge on any atom is 0.305 e. The number of rotatable bonds is 6. The number of nitro groups is 1. The van der Waals surface area contributed by atoms with Gasteiger partial charge in [-0.1, -0.05) is 6.07 Å². The number of nitrogens with two attached hydrogens (primary N) is 1. The summed E-state index contributed by atoms with van der Waals surface area (Å²) in [6, 6.07) is 2.20. The van der Waals surface area contributed by atoms with Gasteiger partial charge in [-0.15, -0.1) is 0 Å². The molecule has 1 aromatic carbocycles. The topological polar surface area (TPSA) is 125 Å². The normalized spacial score (nSPS) is 18.4. The van der Waals surface area contributed by atoms with E-state index in [1.165, 1.54) is 6.07 Å². The molecule has 1 aliphatic rings. The van der Waals surface area contributed by atoms with Crippen LogP contribution in [0.4, 0.5) is 10.1 Å². The minimum atomic E-state index is -1.06. The maximum atomic E-state index is 13.3. The van der Waals surface area contributed by atoms with E-state index in [4.69, 9.17) is 10.5 Å². The van der Waals surface area contributed by atoms with Gasteiger partial charge in [-0.3, -0.25) is 19.7 Å². The highest BCUT2D eigenvalue weighted by Gasteiger charge is 2.28. The summed E-state index contributed by atoms with van der Waals surface area (Å²) in [6.45, 7) is 0.476. The van der Waals surface area contributed by atoms with E-state index in [-0.39, 0.29) is 6.42 Å². The second kappa shape index (κ2) is 7.14. The zero-order valence-electron chi connectivity index (χ0n) is 12.2. The molecule has 2 amide bonds. The molecular formula is C14H16FN3O5. The van der Waals surface area contributed by atoms with E-state index in [2.05, 4.69) is 5.32 Å². The Morgan fingerprint density at radius 1 is 1.52 bits per heavy atom. The molecule has 0 saturated carbocycles. The number of hydrogen-bond donors (Lipinski definition) is 2. The van der Waals surface area contributed by atoms with Crippen molar-refractivity contribution >= 4 is 17.5 Å². The Kier molecular flexibility index (Phi) is 5.22. The first kappa shape index (κ1) is 16.8. The molecule has 2 rings (SSSR count). The number of hydrogen-bond acceptors (Lipinski definition) is 5. The first-order chi connectivity index (χ1) is 10.9. The fraction of sp³-hybridized carbons (Fsp3) is 0.429. The van der Waals surface area contributed by atoms with E-state index in [9.17, 15) is 24.1 Å². The number of primary amides is 1. The molecule has 2 atom stereocenters. The number of nitrogens with zero attached hydrogens (tertiary/aromatic N) is 1. The van der Waals surface area contributed by atoms with Gasteiger partial charge in [0, 0.05) is 19.1 Å². The minimum Gasteiger partial charge on any atom is -0.368 e. The van der Waals surface area contributed by atoms with Crippen molar-refractivity contribution in [2.45, 2.75) is 31.4 Å².